The third-order valence-electron chi connectivity index (χ3n) is 3.80. The smallest absolute Gasteiger partial charge is 0.313 e. The minimum absolute atomic E-state index is 0.000798. The summed E-state index contributed by atoms with van der Waals surface area (Å²) in [6, 6.07) is 12.7. The number of thiazole rings is 1. The monoisotopic (exact) mass is 381 g/mol. The van der Waals surface area contributed by atoms with Gasteiger partial charge in [-0.2, -0.15) is 0 Å². The first-order valence-corrected chi connectivity index (χ1v) is 9.23. The molecule has 0 bridgehead atoms. The van der Waals surface area contributed by atoms with E-state index in [-0.39, 0.29) is 12.3 Å². The Labute approximate surface area is 161 Å². The molecular weight excluding hydrogens is 362 g/mol. The average Bonchev–Trinajstić information content (AvgIpc) is 3.15. The van der Waals surface area contributed by atoms with E-state index in [1.54, 1.807) is 50.8 Å². The van der Waals surface area contributed by atoms with E-state index in [4.69, 9.17) is 4.74 Å². The summed E-state index contributed by atoms with van der Waals surface area (Å²) in [4.78, 5) is 34.8. The molecule has 7 heteroatoms. The van der Waals surface area contributed by atoms with Crippen LogP contribution in [-0.2, 0) is 20.7 Å². The van der Waals surface area contributed by atoms with Gasteiger partial charge in [0.25, 0.3) is 5.91 Å². The average molecular weight is 381 g/mol. The van der Waals surface area contributed by atoms with E-state index < -0.39 is 12.1 Å². The summed E-state index contributed by atoms with van der Waals surface area (Å²) in [5.74, 6) is -0.786. The van der Waals surface area contributed by atoms with Gasteiger partial charge in [0.15, 0.2) is 0 Å². The largest absolute Gasteiger partial charge is 0.447 e. The number of nitrogens with zero attached hydrogens (tertiary/aromatic N) is 3. The predicted octanol–water partition coefficient (Wildman–Crippen LogP) is 3.12. The Morgan fingerprint density at radius 3 is 2.59 bits per heavy atom. The molecule has 0 saturated carbocycles. The standard InChI is InChI=1S/C20H19N3O3S/c1-23(2)20(25)18(14-7-4-3-5-8-14)26-17(24)11-16-13-27-19(22-16)15-9-6-10-21-12-15/h3-10,12-13,18H,11H2,1-2H3/t18-/m0/s1. The van der Waals surface area contributed by atoms with Crippen LogP contribution in [0.25, 0.3) is 10.6 Å². The van der Waals surface area contributed by atoms with E-state index in [2.05, 4.69) is 9.97 Å². The maximum atomic E-state index is 12.4. The lowest BCUT2D eigenvalue weighted by Gasteiger charge is -2.21. The number of hydrogen-bond donors (Lipinski definition) is 0. The molecule has 138 valence electrons. The summed E-state index contributed by atoms with van der Waals surface area (Å²) < 4.78 is 5.50. The highest BCUT2D eigenvalue weighted by Gasteiger charge is 2.26. The minimum Gasteiger partial charge on any atom is -0.447 e. The van der Waals surface area contributed by atoms with Crippen molar-refractivity contribution in [1.82, 2.24) is 14.9 Å². The van der Waals surface area contributed by atoms with Gasteiger partial charge in [-0.05, 0) is 12.1 Å². The van der Waals surface area contributed by atoms with Gasteiger partial charge < -0.3 is 9.64 Å². The molecule has 1 atom stereocenters. The van der Waals surface area contributed by atoms with Crippen molar-refractivity contribution in [3.8, 4) is 10.6 Å². The molecule has 0 spiro atoms. The summed E-state index contributed by atoms with van der Waals surface area (Å²) in [7, 11) is 3.26. The van der Waals surface area contributed by atoms with Gasteiger partial charge in [0.2, 0.25) is 6.10 Å². The summed E-state index contributed by atoms with van der Waals surface area (Å²) in [5.41, 5.74) is 2.14. The van der Waals surface area contributed by atoms with Crippen molar-refractivity contribution in [2.24, 2.45) is 0 Å². The summed E-state index contributed by atoms with van der Waals surface area (Å²) in [6.07, 6.45) is 2.45. The van der Waals surface area contributed by atoms with Gasteiger partial charge in [-0.25, -0.2) is 4.98 Å². The van der Waals surface area contributed by atoms with Crippen LogP contribution in [0, 0.1) is 0 Å². The fourth-order valence-electron chi connectivity index (χ4n) is 2.45. The maximum absolute atomic E-state index is 12.4. The van der Waals surface area contributed by atoms with Crippen LogP contribution in [0.2, 0.25) is 0 Å². The number of benzene rings is 1. The molecule has 0 aliphatic rings. The van der Waals surface area contributed by atoms with Crippen molar-refractivity contribution < 1.29 is 14.3 Å². The molecule has 0 saturated heterocycles. The SMILES string of the molecule is CN(C)C(=O)[C@@H](OC(=O)Cc1csc(-c2cccnc2)n1)c1ccccc1. The normalized spacial score (nSPS) is 11.6. The highest BCUT2D eigenvalue weighted by atomic mass is 32.1. The second kappa shape index (κ2) is 8.55. The van der Waals surface area contributed by atoms with Crippen molar-refractivity contribution >= 4 is 23.2 Å². The molecule has 2 aromatic heterocycles. The Hall–Kier alpha value is -3.06. The Morgan fingerprint density at radius 2 is 1.93 bits per heavy atom. The Morgan fingerprint density at radius 1 is 1.15 bits per heavy atom. The molecule has 0 N–H and O–H groups in total. The van der Waals surface area contributed by atoms with Crippen molar-refractivity contribution in [2.45, 2.75) is 12.5 Å². The lowest BCUT2D eigenvalue weighted by molar-refractivity contribution is -0.159. The molecule has 3 rings (SSSR count). The Bertz CT molecular complexity index is 910. The molecule has 0 aliphatic carbocycles. The number of carbonyl (C=O) groups is 2. The van der Waals surface area contributed by atoms with Gasteiger partial charge in [0.1, 0.15) is 5.01 Å². The predicted molar refractivity (Wildman–Crippen MR) is 103 cm³/mol. The third kappa shape index (κ3) is 4.77. The fourth-order valence-corrected chi connectivity index (χ4v) is 3.26. The molecule has 0 aliphatic heterocycles. The van der Waals surface area contributed by atoms with Crippen LogP contribution in [0.5, 0.6) is 0 Å². The van der Waals surface area contributed by atoms with E-state index >= 15 is 0 Å². The lowest BCUT2D eigenvalue weighted by atomic mass is 10.1. The number of aromatic nitrogens is 2. The molecule has 3 aromatic rings. The molecule has 6 nitrogen and oxygen atoms in total. The maximum Gasteiger partial charge on any atom is 0.313 e. The number of esters is 1. The number of hydrogen-bond acceptors (Lipinski definition) is 6. The highest BCUT2D eigenvalue weighted by molar-refractivity contribution is 7.13. The van der Waals surface area contributed by atoms with Gasteiger partial charge >= 0.3 is 5.97 Å². The summed E-state index contributed by atoms with van der Waals surface area (Å²) >= 11 is 1.44. The molecule has 1 aromatic carbocycles. The zero-order chi connectivity index (χ0) is 19.2. The van der Waals surface area contributed by atoms with Crippen LogP contribution in [0.1, 0.15) is 17.4 Å². The summed E-state index contributed by atoms with van der Waals surface area (Å²) in [5, 5.41) is 2.60. The van der Waals surface area contributed by atoms with Gasteiger partial charge in [0, 0.05) is 43.0 Å². The molecule has 27 heavy (non-hydrogen) atoms. The Kier molecular flexibility index (Phi) is 5.93. The number of amides is 1. The van der Waals surface area contributed by atoms with Crippen molar-refractivity contribution in [3.63, 3.8) is 0 Å². The van der Waals surface area contributed by atoms with Crippen LogP contribution in [0.15, 0.2) is 60.2 Å². The van der Waals surface area contributed by atoms with Crippen LogP contribution in [-0.4, -0.2) is 40.8 Å². The van der Waals surface area contributed by atoms with Crippen molar-refractivity contribution in [3.05, 3.63) is 71.5 Å². The van der Waals surface area contributed by atoms with Gasteiger partial charge in [0.05, 0.1) is 12.1 Å². The van der Waals surface area contributed by atoms with Gasteiger partial charge in [-0.15, -0.1) is 11.3 Å². The first-order chi connectivity index (χ1) is 13.0. The second-order valence-corrected chi connectivity index (χ2v) is 6.93. The zero-order valence-corrected chi connectivity index (χ0v) is 15.8. The number of pyridine rings is 1. The van der Waals surface area contributed by atoms with Gasteiger partial charge in [-0.1, -0.05) is 30.3 Å². The number of carbonyl (C=O) groups excluding carboxylic acids is 2. The van der Waals surface area contributed by atoms with E-state index in [0.717, 1.165) is 10.6 Å². The quantitative estimate of drug-likeness (QED) is 0.614. The summed E-state index contributed by atoms with van der Waals surface area (Å²) in [6.45, 7) is 0. The van der Waals surface area contributed by atoms with Crippen LogP contribution < -0.4 is 0 Å². The van der Waals surface area contributed by atoms with Crippen LogP contribution >= 0.6 is 11.3 Å². The number of ether oxygens (including phenoxy) is 1. The first-order valence-electron chi connectivity index (χ1n) is 8.35. The molecule has 0 fully saturated rings. The lowest BCUT2D eigenvalue weighted by Crippen LogP contribution is -2.31. The molecular formula is C20H19N3O3S. The Balaban J connectivity index is 1.71. The first kappa shape index (κ1) is 18.7. The van der Waals surface area contributed by atoms with Crippen LogP contribution in [0.3, 0.4) is 0 Å². The van der Waals surface area contributed by atoms with E-state index in [1.165, 1.54) is 16.2 Å². The third-order valence-corrected chi connectivity index (χ3v) is 4.74. The highest BCUT2D eigenvalue weighted by Crippen LogP contribution is 2.24. The van der Waals surface area contributed by atoms with E-state index in [0.29, 0.717) is 11.3 Å². The van der Waals surface area contributed by atoms with Gasteiger partial charge in [-0.3, -0.25) is 14.6 Å². The fraction of sp³-hybridized carbons (Fsp3) is 0.200. The second-order valence-electron chi connectivity index (χ2n) is 6.08. The zero-order valence-electron chi connectivity index (χ0n) is 15.0. The minimum atomic E-state index is -0.967. The van der Waals surface area contributed by atoms with E-state index in [9.17, 15) is 9.59 Å². The van der Waals surface area contributed by atoms with E-state index in [1.807, 2.05) is 23.6 Å². The van der Waals surface area contributed by atoms with Crippen molar-refractivity contribution in [1.29, 1.82) is 0 Å². The van der Waals surface area contributed by atoms with Crippen LogP contribution in [0.4, 0.5) is 0 Å². The molecule has 1 amide bonds. The number of likely N-dealkylation sites (N-methyl/N-ethyl adjacent to an activating group) is 1. The van der Waals surface area contributed by atoms with Crippen molar-refractivity contribution in [2.75, 3.05) is 14.1 Å². The number of rotatable bonds is 6. The molecule has 0 radical (unpaired) electrons. The molecule has 0 unspecified atom stereocenters. The topological polar surface area (TPSA) is 72.4 Å². The molecule has 2 heterocycles.